The molecule has 3 N–H and O–H groups in total. The van der Waals surface area contributed by atoms with E-state index in [0.717, 1.165) is 27.5 Å². The van der Waals surface area contributed by atoms with E-state index in [1.165, 1.54) is 0 Å². The van der Waals surface area contributed by atoms with Gasteiger partial charge in [0.1, 0.15) is 0 Å². The third-order valence-electron chi connectivity index (χ3n) is 4.20. The smallest absolute Gasteiger partial charge is 0.269 e. The quantitative estimate of drug-likeness (QED) is 0.276. The molecule has 0 aliphatic rings. The average Bonchev–Trinajstić information content (AvgIpc) is 3.17. The zero-order valence-corrected chi connectivity index (χ0v) is 17.9. The molecule has 3 rings (SSSR count). The van der Waals surface area contributed by atoms with Crippen molar-refractivity contribution in [2.75, 3.05) is 13.2 Å². The number of H-pyrrole nitrogens is 1. The molecule has 0 bridgehead atoms. The number of rotatable bonds is 9. The minimum atomic E-state index is -0.358. The number of hydrazine groups is 1. The molecule has 0 atom stereocenters. The van der Waals surface area contributed by atoms with Crippen LogP contribution in [0, 0.1) is 5.92 Å². The summed E-state index contributed by atoms with van der Waals surface area (Å²) in [4.78, 5) is 31.8. The predicted octanol–water partition coefficient (Wildman–Crippen LogP) is 3.68. The molecule has 3 aromatic rings. The zero-order valence-electron chi connectivity index (χ0n) is 17.1. The highest BCUT2D eigenvalue weighted by Gasteiger charge is 2.08. The Morgan fingerprint density at radius 2 is 1.87 bits per heavy atom. The Labute approximate surface area is 180 Å². The summed E-state index contributed by atoms with van der Waals surface area (Å²) in [6.45, 7) is 5.03. The van der Waals surface area contributed by atoms with Crippen molar-refractivity contribution >= 4 is 34.6 Å². The molecule has 7 nitrogen and oxygen atoms in total. The van der Waals surface area contributed by atoms with E-state index in [4.69, 9.17) is 4.74 Å². The number of carbonyl (C=O) groups excluding carboxylic acids is 2. The Bertz CT molecular complexity index is 952. The fourth-order valence-electron chi connectivity index (χ4n) is 2.65. The molecule has 1 heterocycles. The molecule has 0 saturated carbocycles. The number of nitrogens with zero attached hydrogens (tertiary/aromatic N) is 1. The first-order chi connectivity index (χ1) is 14.5. The molecule has 0 aliphatic carbocycles. The first-order valence-electron chi connectivity index (χ1n) is 9.84. The summed E-state index contributed by atoms with van der Waals surface area (Å²) in [6, 6.07) is 15.2. The van der Waals surface area contributed by atoms with E-state index in [2.05, 4.69) is 20.8 Å². The molecule has 0 saturated heterocycles. The van der Waals surface area contributed by atoms with Gasteiger partial charge in [0.25, 0.3) is 5.91 Å². The van der Waals surface area contributed by atoms with Crippen LogP contribution in [0.25, 0.3) is 11.0 Å². The second-order valence-corrected chi connectivity index (χ2v) is 8.23. The topological polar surface area (TPSA) is 96.1 Å². The van der Waals surface area contributed by atoms with Gasteiger partial charge in [0.2, 0.25) is 5.91 Å². The zero-order chi connectivity index (χ0) is 21.3. The molecule has 0 unspecified atom stereocenters. The summed E-state index contributed by atoms with van der Waals surface area (Å²) in [5, 5.41) is 0.859. The van der Waals surface area contributed by atoms with Crippen LogP contribution in [0.2, 0.25) is 0 Å². The van der Waals surface area contributed by atoms with Gasteiger partial charge in [-0.2, -0.15) is 0 Å². The molecule has 0 radical (unpaired) electrons. The Balaban J connectivity index is 1.42. The third-order valence-corrected chi connectivity index (χ3v) is 5.14. The molecule has 0 aliphatic heterocycles. The van der Waals surface area contributed by atoms with Crippen LogP contribution >= 0.6 is 11.8 Å². The van der Waals surface area contributed by atoms with Crippen molar-refractivity contribution in [1.29, 1.82) is 0 Å². The first kappa shape index (κ1) is 21.9. The molecule has 8 heteroatoms. The Morgan fingerprint density at radius 1 is 1.10 bits per heavy atom. The fraction of sp³-hybridized carbons (Fsp3) is 0.318. The SMILES string of the molecule is CC(C)COCCC(=O)NNC(=O)c1ccc(CSc2nc3ccccc3[nH]2)cc1. The maximum atomic E-state index is 12.2. The van der Waals surface area contributed by atoms with Crippen LogP contribution in [0.1, 0.15) is 36.2 Å². The van der Waals surface area contributed by atoms with Gasteiger partial charge in [-0.1, -0.05) is 49.9 Å². The van der Waals surface area contributed by atoms with E-state index in [-0.39, 0.29) is 18.2 Å². The number of aromatic nitrogens is 2. The van der Waals surface area contributed by atoms with Crippen molar-refractivity contribution in [2.45, 2.75) is 31.2 Å². The maximum absolute atomic E-state index is 12.2. The van der Waals surface area contributed by atoms with E-state index >= 15 is 0 Å². The second-order valence-electron chi connectivity index (χ2n) is 7.27. The van der Waals surface area contributed by atoms with Crippen molar-refractivity contribution in [3.63, 3.8) is 0 Å². The molecule has 30 heavy (non-hydrogen) atoms. The lowest BCUT2D eigenvalue weighted by atomic mass is 10.1. The number of nitrogens with one attached hydrogen (secondary N) is 3. The van der Waals surface area contributed by atoms with Crippen LogP contribution in [0.5, 0.6) is 0 Å². The molecular formula is C22H26N4O3S. The predicted molar refractivity (Wildman–Crippen MR) is 118 cm³/mol. The van der Waals surface area contributed by atoms with Gasteiger partial charge in [-0.25, -0.2) is 4.98 Å². The van der Waals surface area contributed by atoms with Crippen molar-refractivity contribution in [1.82, 2.24) is 20.8 Å². The number of thioether (sulfide) groups is 1. The lowest BCUT2D eigenvalue weighted by Crippen LogP contribution is -2.42. The van der Waals surface area contributed by atoms with Gasteiger partial charge in [0.15, 0.2) is 5.16 Å². The lowest BCUT2D eigenvalue weighted by molar-refractivity contribution is -0.123. The largest absolute Gasteiger partial charge is 0.381 e. The number of para-hydroxylation sites is 2. The van der Waals surface area contributed by atoms with Crippen molar-refractivity contribution in [3.05, 3.63) is 59.7 Å². The molecule has 0 fully saturated rings. The van der Waals surface area contributed by atoms with Crippen molar-refractivity contribution < 1.29 is 14.3 Å². The molecule has 2 amide bonds. The van der Waals surface area contributed by atoms with Crippen LogP contribution in [0.3, 0.4) is 0 Å². The highest BCUT2D eigenvalue weighted by atomic mass is 32.2. The van der Waals surface area contributed by atoms with Crippen LogP contribution in [0.15, 0.2) is 53.7 Å². The first-order valence-corrected chi connectivity index (χ1v) is 10.8. The summed E-state index contributed by atoms with van der Waals surface area (Å²) < 4.78 is 5.36. The number of carbonyl (C=O) groups is 2. The monoisotopic (exact) mass is 426 g/mol. The van der Waals surface area contributed by atoms with E-state index < -0.39 is 0 Å². The summed E-state index contributed by atoms with van der Waals surface area (Å²) in [7, 11) is 0. The molecular weight excluding hydrogens is 400 g/mol. The fourth-order valence-corrected chi connectivity index (χ4v) is 3.49. The summed E-state index contributed by atoms with van der Waals surface area (Å²) >= 11 is 1.60. The molecule has 2 aromatic carbocycles. The van der Waals surface area contributed by atoms with Gasteiger partial charge in [0, 0.05) is 17.9 Å². The number of amides is 2. The molecule has 0 spiro atoms. The standard InChI is InChI=1S/C22H26N4O3S/c1-15(2)13-29-12-11-20(27)25-26-21(28)17-9-7-16(8-10-17)14-30-22-23-18-5-3-4-6-19(18)24-22/h3-10,15H,11-14H2,1-2H3,(H,23,24)(H,25,27)(H,26,28). The van der Waals surface area contributed by atoms with Gasteiger partial charge in [-0.15, -0.1) is 0 Å². The van der Waals surface area contributed by atoms with Crippen molar-refractivity contribution in [3.8, 4) is 0 Å². The number of imidazole rings is 1. The number of fused-ring (bicyclic) bond motifs is 1. The minimum absolute atomic E-state index is 0.199. The average molecular weight is 427 g/mol. The number of aromatic amines is 1. The summed E-state index contributed by atoms with van der Waals surface area (Å²) in [6.07, 6.45) is 0.199. The van der Waals surface area contributed by atoms with Crippen LogP contribution in [-0.2, 0) is 15.3 Å². The van der Waals surface area contributed by atoms with Gasteiger partial charge in [0.05, 0.1) is 24.1 Å². The number of ether oxygens (including phenoxy) is 1. The number of benzene rings is 2. The van der Waals surface area contributed by atoms with Gasteiger partial charge >= 0.3 is 0 Å². The third kappa shape index (κ3) is 6.60. The maximum Gasteiger partial charge on any atom is 0.269 e. The van der Waals surface area contributed by atoms with Gasteiger partial charge < -0.3 is 9.72 Å². The van der Waals surface area contributed by atoms with E-state index in [9.17, 15) is 9.59 Å². The van der Waals surface area contributed by atoms with Gasteiger partial charge in [-0.3, -0.25) is 20.4 Å². The highest BCUT2D eigenvalue weighted by Crippen LogP contribution is 2.23. The van der Waals surface area contributed by atoms with Crippen LogP contribution < -0.4 is 10.9 Å². The molecule has 1 aromatic heterocycles. The highest BCUT2D eigenvalue weighted by molar-refractivity contribution is 7.98. The Kier molecular flexibility index (Phi) is 7.87. The minimum Gasteiger partial charge on any atom is -0.381 e. The Morgan fingerprint density at radius 3 is 2.60 bits per heavy atom. The normalized spacial score (nSPS) is 11.0. The van der Waals surface area contributed by atoms with Crippen LogP contribution in [0.4, 0.5) is 0 Å². The lowest BCUT2D eigenvalue weighted by Gasteiger charge is -2.09. The van der Waals surface area contributed by atoms with Crippen LogP contribution in [-0.4, -0.2) is 35.0 Å². The summed E-state index contributed by atoms with van der Waals surface area (Å²) in [5.74, 6) is 0.510. The Hall–Kier alpha value is -2.84. The number of hydrogen-bond donors (Lipinski definition) is 3. The van der Waals surface area contributed by atoms with Crippen molar-refractivity contribution in [2.24, 2.45) is 5.92 Å². The van der Waals surface area contributed by atoms with E-state index in [1.807, 2.05) is 50.2 Å². The second kappa shape index (κ2) is 10.8. The van der Waals surface area contributed by atoms with Gasteiger partial charge in [-0.05, 0) is 35.7 Å². The molecule has 158 valence electrons. The summed E-state index contributed by atoms with van der Waals surface area (Å²) in [5.41, 5.74) is 8.34. The van der Waals surface area contributed by atoms with E-state index in [0.29, 0.717) is 24.7 Å². The number of hydrogen-bond acceptors (Lipinski definition) is 5. The van der Waals surface area contributed by atoms with E-state index in [1.54, 1.807) is 23.9 Å².